The molecule has 0 saturated carbocycles. The van der Waals surface area contributed by atoms with Gasteiger partial charge in [-0.05, 0) is 75.4 Å². The fourth-order valence-electron chi connectivity index (χ4n) is 4.31. The molecule has 1 aromatic heterocycles. The van der Waals surface area contributed by atoms with Gasteiger partial charge in [0.15, 0.2) is 0 Å². The minimum atomic E-state index is -1.11. The van der Waals surface area contributed by atoms with E-state index in [2.05, 4.69) is 15.6 Å². The molecule has 4 rings (SSSR count). The van der Waals surface area contributed by atoms with Crippen molar-refractivity contribution in [1.82, 2.24) is 20.3 Å². The van der Waals surface area contributed by atoms with Gasteiger partial charge >= 0.3 is 0 Å². The van der Waals surface area contributed by atoms with Gasteiger partial charge in [-0.3, -0.25) is 14.5 Å². The molecular weight excluding hydrogens is 498 g/mol. The number of methoxy groups -OCH3 is 3. The molecule has 204 valence electrons. The minimum absolute atomic E-state index is 0.155. The zero-order valence-corrected chi connectivity index (χ0v) is 23.0. The molecule has 39 heavy (non-hydrogen) atoms. The van der Waals surface area contributed by atoms with Crippen molar-refractivity contribution in [2.75, 3.05) is 26.2 Å². The summed E-state index contributed by atoms with van der Waals surface area (Å²) in [7, 11) is 4.62. The zero-order chi connectivity index (χ0) is 28.2. The molecule has 10 heteroatoms. The summed E-state index contributed by atoms with van der Waals surface area (Å²) >= 11 is 0. The van der Waals surface area contributed by atoms with Crippen molar-refractivity contribution in [2.45, 2.75) is 38.9 Å². The Kier molecular flexibility index (Phi) is 8.04. The highest BCUT2D eigenvalue weighted by Gasteiger charge is 2.37. The topological polar surface area (TPSA) is 108 Å². The van der Waals surface area contributed by atoms with Gasteiger partial charge in [0.2, 0.25) is 11.8 Å². The first-order chi connectivity index (χ1) is 18.6. The van der Waals surface area contributed by atoms with E-state index >= 15 is 0 Å². The Bertz CT molecular complexity index is 1460. The highest BCUT2D eigenvalue weighted by Crippen LogP contribution is 2.37. The molecule has 10 nitrogen and oxygen atoms in total. The van der Waals surface area contributed by atoms with E-state index in [1.807, 2.05) is 45.0 Å². The van der Waals surface area contributed by atoms with Gasteiger partial charge in [-0.2, -0.15) is 0 Å². The molecule has 1 heterocycles. The van der Waals surface area contributed by atoms with E-state index < -0.39 is 11.6 Å². The number of aromatic nitrogens is 3. The van der Waals surface area contributed by atoms with Gasteiger partial charge < -0.3 is 19.5 Å². The maximum atomic E-state index is 14.2. The van der Waals surface area contributed by atoms with E-state index in [-0.39, 0.29) is 18.4 Å². The molecule has 1 unspecified atom stereocenters. The van der Waals surface area contributed by atoms with E-state index in [9.17, 15) is 9.59 Å². The lowest BCUT2D eigenvalue weighted by molar-refractivity contribution is -0.128. The third-order valence-corrected chi connectivity index (χ3v) is 6.06. The van der Waals surface area contributed by atoms with Crippen LogP contribution in [-0.2, 0) is 16.1 Å². The van der Waals surface area contributed by atoms with Crippen molar-refractivity contribution < 1.29 is 23.8 Å². The maximum absolute atomic E-state index is 14.2. The van der Waals surface area contributed by atoms with E-state index in [1.54, 1.807) is 49.6 Å². The monoisotopic (exact) mass is 531 g/mol. The van der Waals surface area contributed by atoms with Crippen LogP contribution < -0.4 is 24.4 Å². The lowest BCUT2D eigenvalue weighted by atomic mass is 9.99. The summed E-state index contributed by atoms with van der Waals surface area (Å²) in [5.74, 6) is 0.797. The summed E-state index contributed by atoms with van der Waals surface area (Å²) in [5.41, 5.74) is 1.75. The Morgan fingerprint density at radius 1 is 0.923 bits per heavy atom. The second kappa shape index (κ2) is 11.4. The van der Waals surface area contributed by atoms with Crippen LogP contribution in [0.15, 0.2) is 66.7 Å². The predicted molar refractivity (Wildman–Crippen MR) is 148 cm³/mol. The van der Waals surface area contributed by atoms with Gasteiger partial charge in [-0.25, -0.2) is 4.68 Å². The lowest BCUT2D eigenvalue weighted by Gasteiger charge is -2.34. The molecule has 1 atom stereocenters. The standard InChI is InChI=1S/C29H33N5O5/c1-29(2,3)30-28(36)27(22-17-21(38-5)15-16-25(22)39-6)34(19-11-13-20(37-4)14-12-19)26(35)18-33-24-10-8-7-9-23(24)31-32-33/h7-17,27H,18H2,1-6H3,(H,30,36). The van der Waals surface area contributed by atoms with Crippen LogP contribution >= 0.6 is 0 Å². The Morgan fingerprint density at radius 3 is 2.23 bits per heavy atom. The van der Waals surface area contributed by atoms with Crippen LogP contribution in [0, 0.1) is 0 Å². The maximum Gasteiger partial charge on any atom is 0.249 e. The van der Waals surface area contributed by atoms with E-state index in [1.165, 1.54) is 23.8 Å². The first kappa shape index (κ1) is 27.4. The summed E-state index contributed by atoms with van der Waals surface area (Å²) in [6.45, 7) is 5.49. The Labute approximate surface area is 227 Å². The van der Waals surface area contributed by atoms with Crippen molar-refractivity contribution in [3.63, 3.8) is 0 Å². The van der Waals surface area contributed by atoms with E-state index in [0.717, 1.165) is 0 Å². The smallest absolute Gasteiger partial charge is 0.249 e. The van der Waals surface area contributed by atoms with Crippen LogP contribution in [-0.4, -0.2) is 53.7 Å². The Balaban J connectivity index is 1.89. The van der Waals surface area contributed by atoms with E-state index in [0.29, 0.717) is 39.5 Å². The zero-order valence-electron chi connectivity index (χ0n) is 23.0. The highest BCUT2D eigenvalue weighted by atomic mass is 16.5. The summed E-state index contributed by atoms with van der Waals surface area (Å²) in [4.78, 5) is 29.7. The molecule has 3 aromatic carbocycles. The second-order valence-corrected chi connectivity index (χ2v) is 9.95. The molecule has 0 spiro atoms. The molecule has 1 N–H and O–H groups in total. The van der Waals surface area contributed by atoms with Crippen LogP contribution in [0.1, 0.15) is 32.4 Å². The second-order valence-electron chi connectivity index (χ2n) is 9.95. The number of amides is 2. The minimum Gasteiger partial charge on any atom is -0.497 e. The fraction of sp³-hybridized carbons (Fsp3) is 0.310. The average Bonchev–Trinajstić information content (AvgIpc) is 3.33. The Morgan fingerprint density at radius 2 is 1.59 bits per heavy atom. The number of carbonyl (C=O) groups is 2. The molecule has 2 amide bonds. The normalized spacial score (nSPS) is 12.1. The first-order valence-corrected chi connectivity index (χ1v) is 12.4. The fourth-order valence-corrected chi connectivity index (χ4v) is 4.31. The number of nitrogens with zero attached hydrogens (tertiary/aromatic N) is 4. The molecule has 0 fully saturated rings. The predicted octanol–water partition coefficient (Wildman–Crippen LogP) is 4.15. The number of benzene rings is 3. The number of rotatable bonds is 9. The number of para-hydroxylation sites is 1. The molecule has 4 aromatic rings. The van der Waals surface area contributed by atoms with Crippen LogP contribution in [0.2, 0.25) is 0 Å². The number of ether oxygens (including phenoxy) is 3. The largest absolute Gasteiger partial charge is 0.497 e. The van der Waals surface area contributed by atoms with Gasteiger partial charge in [0, 0.05) is 16.8 Å². The molecule has 0 saturated heterocycles. The quantitative estimate of drug-likeness (QED) is 0.346. The number of carbonyl (C=O) groups excluding carboxylic acids is 2. The van der Waals surface area contributed by atoms with Gasteiger partial charge in [0.1, 0.15) is 35.4 Å². The van der Waals surface area contributed by atoms with Crippen LogP contribution in [0.4, 0.5) is 5.69 Å². The SMILES string of the molecule is COc1ccc(N(C(=O)Cn2nnc3ccccc32)C(C(=O)NC(C)(C)C)c2cc(OC)ccc2OC)cc1. The lowest BCUT2D eigenvalue weighted by Crippen LogP contribution is -2.50. The number of hydrogen-bond acceptors (Lipinski definition) is 7. The van der Waals surface area contributed by atoms with Crippen molar-refractivity contribution in [2.24, 2.45) is 0 Å². The van der Waals surface area contributed by atoms with Crippen LogP contribution in [0.25, 0.3) is 11.0 Å². The first-order valence-electron chi connectivity index (χ1n) is 12.4. The van der Waals surface area contributed by atoms with Gasteiger partial charge in [0.25, 0.3) is 0 Å². The van der Waals surface area contributed by atoms with Crippen LogP contribution in [0.5, 0.6) is 17.2 Å². The number of nitrogens with one attached hydrogen (secondary N) is 1. The van der Waals surface area contributed by atoms with Gasteiger partial charge in [-0.15, -0.1) is 5.10 Å². The molecular formula is C29H33N5O5. The highest BCUT2D eigenvalue weighted by molar-refractivity contribution is 6.02. The number of anilines is 1. The summed E-state index contributed by atoms with van der Waals surface area (Å²) in [5, 5.41) is 11.4. The summed E-state index contributed by atoms with van der Waals surface area (Å²) < 4.78 is 18.0. The molecule has 0 radical (unpaired) electrons. The third kappa shape index (κ3) is 6.11. The Hall–Kier alpha value is -4.60. The van der Waals surface area contributed by atoms with Gasteiger partial charge in [0.05, 0.1) is 26.8 Å². The third-order valence-electron chi connectivity index (χ3n) is 6.06. The number of fused-ring (bicyclic) bond motifs is 1. The van der Waals surface area contributed by atoms with E-state index in [4.69, 9.17) is 14.2 Å². The van der Waals surface area contributed by atoms with Crippen molar-refractivity contribution in [1.29, 1.82) is 0 Å². The van der Waals surface area contributed by atoms with Gasteiger partial charge in [-0.1, -0.05) is 17.3 Å². The molecule has 0 aliphatic rings. The summed E-state index contributed by atoms with van der Waals surface area (Å²) in [6.07, 6.45) is 0. The average molecular weight is 532 g/mol. The molecule has 0 aliphatic heterocycles. The van der Waals surface area contributed by atoms with Crippen molar-refractivity contribution in [3.8, 4) is 17.2 Å². The van der Waals surface area contributed by atoms with Crippen LogP contribution in [0.3, 0.4) is 0 Å². The number of hydrogen-bond donors (Lipinski definition) is 1. The molecule has 0 aliphatic carbocycles. The van der Waals surface area contributed by atoms with Crippen molar-refractivity contribution in [3.05, 3.63) is 72.3 Å². The van der Waals surface area contributed by atoms with Crippen molar-refractivity contribution >= 4 is 28.5 Å². The summed E-state index contributed by atoms with van der Waals surface area (Å²) in [6, 6.07) is 18.4. The molecule has 0 bridgehead atoms.